The van der Waals surface area contributed by atoms with Gasteiger partial charge in [-0.2, -0.15) is 0 Å². The molecule has 0 radical (unpaired) electrons. The number of hydrogen-bond donors (Lipinski definition) is 1. The van der Waals surface area contributed by atoms with Crippen LogP contribution in [0.5, 0.6) is 0 Å². The van der Waals surface area contributed by atoms with Crippen molar-refractivity contribution in [3.05, 3.63) is 23.9 Å². The van der Waals surface area contributed by atoms with Gasteiger partial charge in [0.05, 0.1) is 6.10 Å². The number of nitrogens with zero attached hydrogens (tertiary/aromatic N) is 2. The van der Waals surface area contributed by atoms with Gasteiger partial charge in [0, 0.05) is 19.3 Å². The highest BCUT2D eigenvalue weighted by molar-refractivity contribution is 5.39. The number of hydrogen-bond acceptors (Lipinski definition) is 3. The molecule has 0 saturated carbocycles. The molecule has 0 amide bonds. The number of rotatable bonds is 1. The zero-order chi connectivity index (χ0) is 9.97. The third-order valence-electron chi connectivity index (χ3n) is 2.68. The van der Waals surface area contributed by atoms with Crippen molar-refractivity contribution >= 4 is 5.82 Å². The smallest absolute Gasteiger partial charge is 0.128 e. The summed E-state index contributed by atoms with van der Waals surface area (Å²) in [6, 6.07) is 4.13. The van der Waals surface area contributed by atoms with Crippen molar-refractivity contribution in [2.75, 3.05) is 18.0 Å². The molecule has 0 aromatic carbocycles. The SMILES string of the molecule is Cc1ccc(N2CCC(O)CC2)nc1. The van der Waals surface area contributed by atoms with E-state index in [0.717, 1.165) is 31.7 Å². The predicted molar refractivity (Wildman–Crippen MR) is 56.4 cm³/mol. The normalized spacial score (nSPS) is 18.6. The second-order valence-corrected chi connectivity index (χ2v) is 3.91. The molecule has 0 atom stereocenters. The summed E-state index contributed by atoms with van der Waals surface area (Å²) in [5, 5.41) is 9.37. The van der Waals surface area contributed by atoms with E-state index < -0.39 is 0 Å². The monoisotopic (exact) mass is 192 g/mol. The van der Waals surface area contributed by atoms with Crippen LogP contribution in [0.2, 0.25) is 0 Å². The van der Waals surface area contributed by atoms with Gasteiger partial charge < -0.3 is 10.0 Å². The third kappa shape index (κ3) is 2.04. The Balaban J connectivity index is 2.05. The first-order chi connectivity index (χ1) is 6.75. The molecular formula is C11H16N2O. The highest BCUT2D eigenvalue weighted by Crippen LogP contribution is 2.17. The molecule has 1 aromatic rings. The highest BCUT2D eigenvalue weighted by atomic mass is 16.3. The Morgan fingerprint density at radius 1 is 1.36 bits per heavy atom. The van der Waals surface area contributed by atoms with Crippen LogP contribution in [-0.2, 0) is 0 Å². The first-order valence-electron chi connectivity index (χ1n) is 5.11. The largest absolute Gasteiger partial charge is 0.393 e. The lowest BCUT2D eigenvalue weighted by Crippen LogP contribution is -2.36. The lowest BCUT2D eigenvalue weighted by Gasteiger charge is -2.30. The Labute approximate surface area is 84.4 Å². The molecule has 1 aliphatic heterocycles. The van der Waals surface area contributed by atoms with E-state index in [1.165, 1.54) is 5.56 Å². The maximum Gasteiger partial charge on any atom is 0.128 e. The summed E-state index contributed by atoms with van der Waals surface area (Å²) in [7, 11) is 0. The minimum Gasteiger partial charge on any atom is -0.393 e. The van der Waals surface area contributed by atoms with E-state index in [1.807, 2.05) is 19.2 Å². The number of aromatic nitrogens is 1. The van der Waals surface area contributed by atoms with Crippen LogP contribution in [0, 0.1) is 6.92 Å². The highest BCUT2D eigenvalue weighted by Gasteiger charge is 2.17. The molecule has 0 bridgehead atoms. The summed E-state index contributed by atoms with van der Waals surface area (Å²) in [5.41, 5.74) is 1.19. The fraction of sp³-hybridized carbons (Fsp3) is 0.545. The third-order valence-corrected chi connectivity index (χ3v) is 2.68. The van der Waals surface area contributed by atoms with Crippen molar-refractivity contribution in [1.29, 1.82) is 0 Å². The van der Waals surface area contributed by atoms with E-state index in [-0.39, 0.29) is 6.10 Å². The zero-order valence-corrected chi connectivity index (χ0v) is 8.48. The van der Waals surface area contributed by atoms with E-state index >= 15 is 0 Å². The van der Waals surface area contributed by atoms with Crippen LogP contribution in [0.25, 0.3) is 0 Å². The summed E-state index contributed by atoms with van der Waals surface area (Å²) in [6.45, 7) is 3.87. The Hall–Kier alpha value is -1.09. The standard InChI is InChI=1S/C11H16N2O/c1-9-2-3-11(12-8-9)13-6-4-10(14)5-7-13/h2-3,8,10,14H,4-7H2,1H3. The molecule has 1 fully saturated rings. The summed E-state index contributed by atoms with van der Waals surface area (Å²) < 4.78 is 0. The second kappa shape index (κ2) is 3.96. The minimum atomic E-state index is -0.114. The molecule has 0 unspecified atom stereocenters. The number of aliphatic hydroxyl groups excluding tert-OH is 1. The molecule has 2 rings (SSSR count). The molecule has 76 valence electrons. The van der Waals surface area contributed by atoms with Gasteiger partial charge in [-0.1, -0.05) is 6.07 Å². The summed E-state index contributed by atoms with van der Waals surface area (Å²) in [5.74, 6) is 1.03. The summed E-state index contributed by atoms with van der Waals surface area (Å²) in [4.78, 5) is 6.60. The van der Waals surface area contributed by atoms with Crippen LogP contribution in [0.4, 0.5) is 5.82 Å². The van der Waals surface area contributed by atoms with E-state index in [9.17, 15) is 5.11 Å². The van der Waals surface area contributed by atoms with E-state index in [4.69, 9.17) is 0 Å². The summed E-state index contributed by atoms with van der Waals surface area (Å²) in [6.07, 6.45) is 3.49. The Morgan fingerprint density at radius 3 is 2.64 bits per heavy atom. The molecular weight excluding hydrogens is 176 g/mol. The Bertz CT molecular complexity index is 289. The fourth-order valence-corrected chi connectivity index (χ4v) is 1.74. The number of pyridine rings is 1. The van der Waals surface area contributed by atoms with Gasteiger partial charge in [0.1, 0.15) is 5.82 Å². The molecule has 1 aromatic heterocycles. The molecule has 1 N–H and O–H groups in total. The lowest BCUT2D eigenvalue weighted by molar-refractivity contribution is 0.145. The maximum atomic E-state index is 9.37. The molecule has 2 heterocycles. The maximum absolute atomic E-state index is 9.37. The van der Waals surface area contributed by atoms with Crippen molar-refractivity contribution < 1.29 is 5.11 Å². The van der Waals surface area contributed by atoms with Crippen molar-refractivity contribution in [1.82, 2.24) is 4.98 Å². The van der Waals surface area contributed by atoms with Crippen LogP contribution in [-0.4, -0.2) is 29.3 Å². The summed E-state index contributed by atoms with van der Waals surface area (Å²) >= 11 is 0. The number of anilines is 1. The van der Waals surface area contributed by atoms with Crippen molar-refractivity contribution in [3.8, 4) is 0 Å². The van der Waals surface area contributed by atoms with Crippen molar-refractivity contribution in [3.63, 3.8) is 0 Å². The molecule has 3 heteroatoms. The Kier molecular flexibility index (Phi) is 2.68. The molecule has 0 aliphatic carbocycles. The van der Waals surface area contributed by atoms with Gasteiger partial charge in [0.15, 0.2) is 0 Å². The van der Waals surface area contributed by atoms with E-state index in [2.05, 4.69) is 16.0 Å². The quantitative estimate of drug-likeness (QED) is 0.729. The number of aliphatic hydroxyl groups is 1. The zero-order valence-electron chi connectivity index (χ0n) is 8.48. The number of aryl methyl sites for hydroxylation is 1. The second-order valence-electron chi connectivity index (χ2n) is 3.91. The first kappa shape index (κ1) is 9.46. The Morgan fingerprint density at radius 2 is 2.07 bits per heavy atom. The average Bonchev–Trinajstić information content (AvgIpc) is 2.21. The molecule has 1 aliphatic rings. The van der Waals surface area contributed by atoms with Crippen LogP contribution in [0.15, 0.2) is 18.3 Å². The van der Waals surface area contributed by atoms with Crippen LogP contribution in [0.3, 0.4) is 0 Å². The molecule has 1 saturated heterocycles. The molecule has 0 spiro atoms. The fourth-order valence-electron chi connectivity index (χ4n) is 1.74. The lowest BCUT2D eigenvalue weighted by atomic mass is 10.1. The van der Waals surface area contributed by atoms with Crippen LogP contribution >= 0.6 is 0 Å². The topological polar surface area (TPSA) is 36.4 Å². The first-order valence-corrected chi connectivity index (χ1v) is 5.11. The van der Waals surface area contributed by atoms with Gasteiger partial charge in [-0.3, -0.25) is 0 Å². The predicted octanol–water partition coefficient (Wildman–Crippen LogP) is 1.35. The van der Waals surface area contributed by atoms with Gasteiger partial charge in [0.25, 0.3) is 0 Å². The van der Waals surface area contributed by atoms with Gasteiger partial charge in [-0.05, 0) is 31.4 Å². The average molecular weight is 192 g/mol. The molecule has 3 nitrogen and oxygen atoms in total. The number of piperidine rings is 1. The molecule has 14 heavy (non-hydrogen) atoms. The van der Waals surface area contributed by atoms with Gasteiger partial charge in [0.2, 0.25) is 0 Å². The van der Waals surface area contributed by atoms with Gasteiger partial charge in [-0.25, -0.2) is 4.98 Å². The van der Waals surface area contributed by atoms with E-state index in [1.54, 1.807) is 0 Å². The van der Waals surface area contributed by atoms with Gasteiger partial charge in [-0.15, -0.1) is 0 Å². The van der Waals surface area contributed by atoms with E-state index in [0.29, 0.717) is 0 Å². The van der Waals surface area contributed by atoms with Gasteiger partial charge >= 0.3 is 0 Å². The van der Waals surface area contributed by atoms with Crippen molar-refractivity contribution in [2.45, 2.75) is 25.9 Å². The minimum absolute atomic E-state index is 0.114. The van der Waals surface area contributed by atoms with Crippen LogP contribution in [0.1, 0.15) is 18.4 Å². The van der Waals surface area contributed by atoms with Crippen molar-refractivity contribution in [2.24, 2.45) is 0 Å². The van der Waals surface area contributed by atoms with Crippen LogP contribution < -0.4 is 4.90 Å².